The van der Waals surface area contributed by atoms with Crippen LogP contribution in [-0.4, -0.2) is 16.1 Å². The third-order valence-electron chi connectivity index (χ3n) is 3.00. The Hall–Kier alpha value is -2.31. The molecular weight excluding hydrogens is 287 g/mol. The molecule has 4 nitrogen and oxygen atoms in total. The van der Waals surface area contributed by atoms with Crippen molar-refractivity contribution in [1.29, 1.82) is 0 Å². The van der Waals surface area contributed by atoms with Crippen molar-refractivity contribution < 1.29 is 27.5 Å². The van der Waals surface area contributed by atoms with Gasteiger partial charge in [-0.25, -0.2) is 9.78 Å². The molecule has 0 radical (unpaired) electrons. The van der Waals surface area contributed by atoms with Gasteiger partial charge in [-0.2, -0.15) is 13.2 Å². The van der Waals surface area contributed by atoms with E-state index in [1.807, 2.05) is 31.2 Å². The van der Waals surface area contributed by atoms with Crippen LogP contribution in [0.2, 0.25) is 0 Å². The van der Waals surface area contributed by atoms with Gasteiger partial charge >= 0.3 is 12.1 Å². The second kappa shape index (κ2) is 5.59. The zero-order valence-corrected chi connectivity index (χ0v) is 11.1. The number of oxazole rings is 1. The second-order valence-corrected chi connectivity index (χ2v) is 4.51. The molecular formula is C14H12F3NO3. The topological polar surface area (TPSA) is 63.3 Å². The monoisotopic (exact) mass is 299 g/mol. The predicted molar refractivity (Wildman–Crippen MR) is 67.1 cm³/mol. The van der Waals surface area contributed by atoms with Crippen molar-refractivity contribution in [3.63, 3.8) is 0 Å². The lowest BCUT2D eigenvalue weighted by molar-refractivity contribution is -0.141. The number of aryl methyl sites for hydroxylation is 3. The Bertz CT molecular complexity index is 662. The van der Waals surface area contributed by atoms with E-state index in [1.165, 1.54) is 0 Å². The number of halogens is 3. The summed E-state index contributed by atoms with van der Waals surface area (Å²) in [6, 6.07) is 7.41. The number of benzene rings is 1. The fourth-order valence-corrected chi connectivity index (χ4v) is 1.94. The third kappa shape index (κ3) is 3.42. The Kier molecular flexibility index (Phi) is 4.02. The highest BCUT2D eigenvalue weighted by Crippen LogP contribution is 2.32. The van der Waals surface area contributed by atoms with Gasteiger partial charge < -0.3 is 9.52 Å². The number of hydrogen-bond acceptors (Lipinski definition) is 3. The van der Waals surface area contributed by atoms with Gasteiger partial charge in [-0.05, 0) is 24.5 Å². The minimum absolute atomic E-state index is 0.0984. The van der Waals surface area contributed by atoms with Gasteiger partial charge in [0.1, 0.15) is 0 Å². The molecule has 0 unspecified atom stereocenters. The Morgan fingerprint density at radius 1 is 1.29 bits per heavy atom. The molecule has 0 bridgehead atoms. The highest BCUT2D eigenvalue weighted by atomic mass is 19.4. The molecule has 0 aliphatic heterocycles. The van der Waals surface area contributed by atoms with E-state index in [9.17, 15) is 18.0 Å². The summed E-state index contributed by atoms with van der Waals surface area (Å²) < 4.78 is 42.7. The molecule has 1 N–H and O–H groups in total. The Labute approximate surface area is 118 Å². The molecule has 0 aliphatic rings. The summed E-state index contributed by atoms with van der Waals surface area (Å²) in [5.41, 5.74) is 0.453. The average molecular weight is 299 g/mol. The van der Waals surface area contributed by atoms with E-state index in [4.69, 9.17) is 9.52 Å². The summed E-state index contributed by atoms with van der Waals surface area (Å²) in [6.45, 7) is 1.88. The Morgan fingerprint density at radius 2 is 1.95 bits per heavy atom. The summed E-state index contributed by atoms with van der Waals surface area (Å²) in [5.74, 6) is -3.18. The maximum absolute atomic E-state index is 12.7. The number of carboxylic acids is 1. The molecule has 2 rings (SSSR count). The smallest absolute Gasteiger partial charge is 0.437 e. The first-order chi connectivity index (χ1) is 9.79. The van der Waals surface area contributed by atoms with Gasteiger partial charge in [-0.15, -0.1) is 0 Å². The number of rotatable bonds is 4. The van der Waals surface area contributed by atoms with E-state index >= 15 is 0 Å². The summed E-state index contributed by atoms with van der Waals surface area (Å²) in [6.07, 6.45) is -4.33. The molecule has 1 heterocycles. The van der Waals surface area contributed by atoms with Crippen molar-refractivity contribution >= 4 is 5.97 Å². The number of carboxylic acid groups (broad SMARTS) is 1. The van der Waals surface area contributed by atoms with Crippen LogP contribution in [-0.2, 0) is 19.0 Å². The van der Waals surface area contributed by atoms with Crippen molar-refractivity contribution in [2.24, 2.45) is 0 Å². The molecule has 21 heavy (non-hydrogen) atoms. The van der Waals surface area contributed by atoms with Gasteiger partial charge in [0.05, 0.1) is 0 Å². The largest absolute Gasteiger partial charge is 0.475 e. The molecule has 1 aromatic heterocycles. The third-order valence-corrected chi connectivity index (χ3v) is 3.00. The lowest BCUT2D eigenvalue weighted by atomic mass is 10.0. The molecule has 0 atom stereocenters. The molecule has 1 aromatic carbocycles. The van der Waals surface area contributed by atoms with Crippen LogP contribution in [0.3, 0.4) is 0 Å². The van der Waals surface area contributed by atoms with Crippen LogP contribution >= 0.6 is 0 Å². The summed E-state index contributed by atoms with van der Waals surface area (Å²) >= 11 is 0. The van der Waals surface area contributed by atoms with Gasteiger partial charge in [-0.3, -0.25) is 0 Å². The van der Waals surface area contributed by atoms with E-state index in [0.29, 0.717) is 6.42 Å². The van der Waals surface area contributed by atoms with E-state index in [2.05, 4.69) is 4.98 Å². The average Bonchev–Trinajstić information content (AvgIpc) is 2.82. The Morgan fingerprint density at radius 3 is 2.48 bits per heavy atom. The maximum atomic E-state index is 12.7. The number of carbonyl (C=O) groups is 1. The van der Waals surface area contributed by atoms with Gasteiger partial charge in [0.25, 0.3) is 0 Å². The molecule has 0 spiro atoms. The fourth-order valence-electron chi connectivity index (χ4n) is 1.94. The summed E-state index contributed by atoms with van der Waals surface area (Å²) in [4.78, 5) is 14.1. The fraction of sp³-hybridized carbons (Fsp3) is 0.286. The summed E-state index contributed by atoms with van der Waals surface area (Å²) in [7, 11) is 0. The summed E-state index contributed by atoms with van der Waals surface area (Å²) in [5, 5.41) is 8.74. The van der Waals surface area contributed by atoms with Gasteiger partial charge in [0.2, 0.25) is 5.76 Å². The quantitative estimate of drug-likeness (QED) is 0.938. The molecule has 112 valence electrons. The zero-order valence-electron chi connectivity index (χ0n) is 11.1. The molecule has 2 aromatic rings. The lowest BCUT2D eigenvalue weighted by Gasteiger charge is -2.02. The molecule has 0 saturated carbocycles. The lowest BCUT2D eigenvalue weighted by Crippen LogP contribution is -2.11. The first-order valence-electron chi connectivity index (χ1n) is 6.13. The number of nitrogens with zero attached hydrogens (tertiary/aromatic N) is 1. The molecule has 0 saturated heterocycles. The van der Waals surface area contributed by atoms with Gasteiger partial charge in [0, 0.05) is 6.42 Å². The van der Waals surface area contributed by atoms with Crippen LogP contribution in [0.5, 0.6) is 0 Å². The van der Waals surface area contributed by atoms with Gasteiger partial charge in [0.15, 0.2) is 11.6 Å². The number of alkyl halides is 3. The van der Waals surface area contributed by atoms with Crippen molar-refractivity contribution in [2.45, 2.75) is 25.9 Å². The van der Waals surface area contributed by atoms with Crippen LogP contribution in [0.25, 0.3) is 0 Å². The molecule has 0 fully saturated rings. The number of hydrogen-bond donors (Lipinski definition) is 1. The van der Waals surface area contributed by atoms with E-state index in [1.54, 1.807) is 0 Å². The SMILES string of the molecule is Cc1ccccc1CCc1nc(C(F)(F)F)c(C(=O)O)o1. The standard InChI is InChI=1S/C14H12F3NO3/c1-8-4-2-3-5-9(8)6-7-10-18-12(14(15,16)17)11(21-10)13(19)20/h2-5H,6-7H2,1H3,(H,19,20). The number of aromatic nitrogens is 1. The minimum Gasteiger partial charge on any atom is -0.475 e. The minimum atomic E-state index is -4.85. The van der Waals surface area contributed by atoms with Crippen molar-refractivity contribution in [2.75, 3.05) is 0 Å². The van der Waals surface area contributed by atoms with Crippen LogP contribution in [0, 0.1) is 6.92 Å². The molecule has 7 heteroatoms. The van der Waals surface area contributed by atoms with E-state index in [-0.39, 0.29) is 12.3 Å². The van der Waals surface area contributed by atoms with Crippen molar-refractivity contribution in [3.8, 4) is 0 Å². The first kappa shape index (κ1) is 15.1. The zero-order chi connectivity index (χ0) is 15.6. The number of aromatic carboxylic acids is 1. The Balaban J connectivity index is 2.22. The highest BCUT2D eigenvalue weighted by Gasteiger charge is 2.41. The normalized spacial score (nSPS) is 11.6. The van der Waals surface area contributed by atoms with Crippen LogP contribution < -0.4 is 0 Å². The second-order valence-electron chi connectivity index (χ2n) is 4.51. The molecule has 0 aliphatic carbocycles. The van der Waals surface area contributed by atoms with Crippen molar-refractivity contribution in [3.05, 3.63) is 52.7 Å². The van der Waals surface area contributed by atoms with Crippen LogP contribution in [0.1, 0.15) is 33.3 Å². The van der Waals surface area contributed by atoms with E-state index in [0.717, 1.165) is 11.1 Å². The predicted octanol–water partition coefficient (Wildman–Crippen LogP) is 3.49. The first-order valence-corrected chi connectivity index (χ1v) is 6.13. The maximum Gasteiger partial charge on any atom is 0.437 e. The van der Waals surface area contributed by atoms with Crippen LogP contribution in [0.4, 0.5) is 13.2 Å². The van der Waals surface area contributed by atoms with Crippen molar-refractivity contribution in [1.82, 2.24) is 4.98 Å². The highest BCUT2D eigenvalue weighted by molar-refractivity contribution is 5.85. The van der Waals surface area contributed by atoms with Gasteiger partial charge in [-0.1, -0.05) is 24.3 Å². The molecule has 0 amide bonds. The van der Waals surface area contributed by atoms with E-state index < -0.39 is 23.6 Å². The van der Waals surface area contributed by atoms with Crippen LogP contribution in [0.15, 0.2) is 28.7 Å².